The van der Waals surface area contributed by atoms with Crippen LogP contribution < -0.4 is 20.6 Å². The third kappa shape index (κ3) is 3.13. The lowest BCUT2D eigenvalue weighted by atomic mass is 10.2. The fourth-order valence-corrected chi connectivity index (χ4v) is 2.23. The summed E-state index contributed by atoms with van der Waals surface area (Å²) in [7, 11) is 0. The Morgan fingerprint density at radius 1 is 1.12 bits per heavy atom. The van der Waals surface area contributed by atoms with Crippen molar-refractivity contribution in [2.75, 3.05) is 6.54 Å². The molecule has 0 fully saturated rings. The van der Waals surface area contributed by atoms with Crippen LogP contribution >= 0.6 is 0 Å². The molecule has 0 saturated carbocycles. The van der Waals surface area contributed by atoms with Crippen LogP contribution in [0.3, 0.4) is 0 Å². The number of hydrogen-bond acceptors (Lipinski definition) is 6. The molecule has 0 aliphatic rings. The third-order valence-electron chi connectivity index (χ3n) is 3.35. The van der Waals surface area contributed by atoms with Gasteiger partial charge in [-0.05, 0) is 31.2 Å². The van der Waals surface area contributed by atoms with Crippen LogP contribution in [0.15, 0.2) is 57.7 Å². The number of carbonyl (C=O) groups excluding carboxylic acids is 1. The van der Waals surface area contributed by atoms with Crippen LogP contribution in [-0.4, -0.2) is 12.5 Å². The van der Waals surface area contributed by atoms with E-state index in [1.165, 1.54) is 18.2 Å². The monoisotopic (exact) mass is 325 g/mol. The molecule has 0 spiro atoms. The second kappa shape index (κ2) is 6.55. The molecule has 1 heterocycles. The van der Waals surface area contributed by atoms with Crippen LogP contribution in [-0.2, 0) is 4.79 Å². The van der Waals surface area contributed by atoms with Gasteiger partial charge in [-0.2, -0.15) is 0 Å². The molecule has 6 heteroatoms. The Morgan fingerprint density at radius 3 is 2.58 bits per heavy atom. The van der Waals surface area contributed by atoms with Gasteiger partial charge >= 0.3 is 5.97 Å². The van der Waals surface area contributed by atoms with Crippen molar-refractivity contribution in [3.05, 3.63) is 64.5 Å². The van der Waals surface area contributed by atoms with E-state index in [0.29, 0.717) is 22.5 Å². The Labute approximate surface area is 137 Å². The van der Waals surface area contributed by atoms with E-state index >= 15 is 0 Å². The summed E-state index contributed by atoms with van der Waals surface area (Å²) in [5.74, 6) is 0.689. The molecule has 0 saturated heterocycles. The molecule has 0 unspecified atom stereocenters. The van der Waals surface area contributed by atoms with Gasteiger partial charge in [-0.1, -0.05) is 18.2 Å². The fraction of sp³-hybridized carbons (Fsp3) is 0.111. The maximum absolute atomic E-state index is 12.6. The number of ether oxygens (including phenoxy) is 2. The van der Waals surface area contributed by atoms with Gasteiger partial charge in [-0.15, -0.1) is 0 Å². The van der Waals surface area contributed by atoms with Gasteiger partial charge in [0.15, 0.2) is 0 Å². The van der Waals surface area contributed by atoms with Crippen molar-refractivity contribution < 1.29 is 18.7 Å². The zero-order valence-corrected chi connectivity index (χ0v) is 12.9. The number of benzene rings is 2. The zero-order chi connectivity index (χ0) is 17.1. The number of aryl methyl sites for hydroxylation is 1. The minimum Gasteiger partial charge on any atom is -0.457 e. The third-order valence-corrected chi connectivity index (χ3v) is 3.35. The summed E-state index contributed by atoms with van der Waals surface area (Å²) in [6.45, 7) is 1.41. The first kappa shape index (κ1) is 15.8. The Hall–Kier alpha value is -3.12. The summed E-state index contributed by atoms with van der Waals surface area (Å²) in [6.07, 6.45) is 0. The average molecular weight is 325 g/mol. The van der Waals surface area contributed by atoms with Crippen LogP contribution in [0.4, 0.5) is 0 Å². The molecule has 0 aliphatic heterocycles. The van der Waals surface area contributed by atoms with Crippen molar-refractivity contribution in [3.8, 4) is 17.2 Å². The molecule has 0 aliphatic carbocycles. The van der Waals surface area contributed by atoms with Crippen LogP contribution in [0.1, 0.15) is 5.76 Å². The second-order valence-electron chi connectivity index (χ2n) is 5.07. The van der Waals surface area contributed by atoms with E-state index < -0.39 is 5.97 Å². The highest BCUT2D eigenvalue weighted by Crippen LogP contribution is 2.27. The zero-order valence-electron chi connectivity index (χ0n) is 12.9. The van der Waals surface area contributed by atoms with E-state index in [1.54, 1.807) is 19.1 Å². The summed E-state index contributed by atoms with van der Waals surface area (Å²) < 4.78 is 16.3. The molecule has 2 aromatic carbocycles. The Balaban J connectivity index is 2.03. The van der Waals surface area contributed by atoms with Gasteiger partial charge in [0, 0.05) is 6.07 Å². The summed E-state index contributed by atoms with van der Waals surface area (Å²) >= 11 is 0. The van der Waals surface area contributed by atoms with Crippen molar-refractivity contribution in [2.24, 2.45) is 5.73 Å². The van der Waals surface area contributed by atoms with Gasteiger partial charge in [0.25, 0.3) is 0 Å². The van der Waals surface area contributed by atoms with Crippen LogP contribution in [0, 0.1) is 6.92 Å². The fourth-order valence-electron chi connectivity index (χ4n) is 2.23. The molecule has 0 atom stereocenters. The Bertz CT molecular complexity index is 947. The smallest absolute Gasteiger partial charge is 0.325 e. The molecule has 3 aromatic rings. The predicted molar refractivity (Wildman–Crippen MR) is 88.4 cm³/mol. The summed E-state index contributed by atoms with van der Waals surface area (Å²) in [5.41, 5.74) is 5.22. The van der Waals surface area contributed by atoms with Crippen molar-refractivity contribution in [1.82, 2.24) is 0 Å². The second-order valence-corrected chi connectivity index (χ2v) is 5.07. The number of esters is 1. The SMILES string of the molecule is Cc1oc2cc(OC(=O)CN)ccc2c(=O)c1Oc1ccccc1. The van der Waals surface area contributed by atoms with Crippen molar-refractivity contribution >= 4 is 16.9 Å². The molecule has 1 aromatic heterocycles. The predicted octanol–water partition coefficient (Wildman–Crippen LogP) is 2.76. The number of hydrogen-bond donors (Lipinski definition) is 1. The Morgan fingerprint density at radius 2 is 1.88 bits per heavy atom. The molecule has 3 rings (SSSR count). The summed E-state index contributed by atoms with van der Waals surface area (Å²) in [4.78, 5) is 23.9. The number of fused-ring (bicyclic) bond motifs is 1. The van der Waals surface area contributed by atoms with Gasteiger partial charge in [0.1, 0.15) is 22.8 Å². The summed E-state index contributed by atoms with van der Waals surface area (Å²) in [6, 6.07) is 13.5. The minimum atomic E-state index is -0.572. The van der Waals surface area contributed by atoms with Gasteiger partial charge < -0.3 is 19.6 Å². The first-order valence-corrected chi connectivity index (χ1v) is 7.29. The molecule has 0 bridgehead atoms. The highest BCUT2D eigenvalue weighted by molar-refractivity contribution is 5.81. The van der Waals surface area contributed by atoms with E-state index in [0.717, 1.165) is 0 Å². The van der Waals surface area contributed by atoms with Crippen molar-refractivity contribution in [1.29, 1.82) is 0 Å². The lowest BCUT2D eigenvalue weighted by Crippen LogP contribution is -2.19. The number of para-hydroxylation sites is 1. The van der Waals surface area contributed by atoms with E-state index in [4.69, 9.17) is 19.6 Å². The maximum atomic E-state index is 12.6. The summed E-state index contributed by atoms with van der Waals surface area (Å²) in [5, 5.41) is 0.332. The number of rotatable bonds is 4. The minimum absolute atomic E-state index is 0.125. The largest absolute Gasteiger partial charge is 0.457 e. The standard InChI is InChI=1S/C18H15NO5/c1-11-18(24-12-5-3-2-4-6-12)17(21)14-8-7-13(9-15(14)22-11)23-16(20)10-19/h2-9H,10,19H2,1H3. The molecule has 6 nitrogen and oxygen atoms in total. The van der Waals surface area contributed by atoms with E-state index in [2.05, 4.69) is 0 Å². The van der Waals surface area contributed by atoms with Gasteiger partial charge in [-0.25, -0.2) is 0 Å². The Kier molecular flexibility index (Phi) is 4.31. The molecular formula is C18H15NO5. The van der Waals surface area contributed by atoms with Crippen LogP contribution in [0.2, 0.25) is 0 Å². The highest BCUT2D eigenvalue weighted by atomic mass is 16.5. The number of carbonyl (C=O) groups is 1. The quantitative estimate of drug-likeness (QED) is 0.586. The molecular weight excluding hydrogens is 310 g/mol. The highest BCUT2D eigenvalue weighted by Gasteiger charge is 2.15. The van der Waals surface area contributed by atoms with Gasteiger partial charge in [0.2, 0.25) is 11.2 Å². The first-order chi connectivity index (χ1) is 11.6. The topological polar surface area (TPSA) is 91.8 Å². The molecule has 0 radical (unpaired) electrons. The lowest BCUT2D eigenvalue weighted by molar-refractivity contribution is -0.132. The van der Waals surface area contributed by atoms with Crippen molar-refractivity contribution in [3.63, 3.8) is 0 Å². The lowest BCUT2D eigenvalue weighted by Gasteiger charge is -2.09. The van der Waals surface area contributed by atoms with E-state index in [1.807, 2.05) is 18.2 Å². The molecule has 2 N–H and O–H groups in total. The van der Waals surface area contributed by atoms with E-state index in [-0.39, 0.29) is 23.5 Å². The van der Waals surface area contributed by atoms with Crippen LogP contribution in [0.25, 0.3) is 11.0 Å². The van der Waals surface area contributed by atoms with Gasteiger partial charge in [-0.3, -0.25) is 9.59 Å². The molecule has 24 heavy (non-hydrogen) atoms. The van der Waals surface area contributed by atoms with Crippen molar-refractivity contribution in [2.45, 2.75) is 6.92 Å². The van der Waals surface area contributed by atoms with Crippen LogP contribution in [0.5, 0.6) is 17.2 Å². The normalized spacial score (nSPS) is 10.6. The first-order valence-electron chi connectivity index (χ1n) is 7.29. The number of nitrogens with two attached hydrogens (primary N) is 1. The maximum Gasteiger partial charge on any atom is 0.325 e. The average Bonchev–Trinajstić information content (AvgIpc) is 2.59. The molecule has 0 amide bonds. The van der Waals surface area contributed by atoms with Gasteiger partial charge in [0.05, 0.1) is 11.9 Å². The van der Waals surface area contributed by atoms with E-state index in [9.17, 15) is 9.59 Å². The molecule has 122 valence electrons.